The van der Waals surface area contributed by atoms with Crippen LogP contribution in [0, 0.1) is 0 Å². The van der Waals surface area contributed by atoms with Gasteiger partial charge in [-0.2, -0.15) is 9.40 Å². The first-order valence-electron chi connectivity index (χ1n) is 4.97. The fourth-order valence-corrected chi connectivity index (χ4v) is 3.83. The summed E-state index contributed by atoms with van der Waals surface area (Å²) in [6.07, 6.45) is 1.49. The van der Waals surface area contributed by atoms with Crippen molar-refractivity contribution < 1.29 is 8.42 Å². The lowest BCUT2D eigenvalue weighted by Crippen LogP contribution is -2.39. The van der Waals surface area contributed by atoms with Crippen molar-refractivity contribution in [2.75, 3.05) is 11.9 Å². The lowest BCUT2D eigenvalue weighted by molar-refractivity contribution is 0.368. The molecule has 1 heterocycles. The van der Waals surface area contributed by atoms with Gasteiger partial charge in [-0.3, -0.25) is 4.68 Å². The summed E-state index contributed by atoms with van der Waals surface area (Å²) in [6, 6.07) is 1.44. The molecular formula is C9H16BrN3O2S. The van der Waals surface area contributed by atoms with E-state index in [1.807, 2.05) is 13.8 Å². The topological polar surface area (TPSA) is 55.2 Å². The van der Waals surface area contributed by atoms with E-state index in [0.717, 1.165) is 0 Å². The molecule has 0 saturated carbocycles. The van der Waals surface area contributed by atoms with Crippen LogP contribution >= 0.6 is 15.9 Å². The van der Waals surface area contributed by atoms with Crippen molar-refractivity contribution in [1.29, 1.82) is 0 Å². The molecule has 0 amide bonds. The van der Waals surface area contributed by atoms with E-state index in [1.54, 1.807) is 7.05 Å². The highest BCUT2D eigenvalue weighted by Gasteiger charge is 2.28. The molecule has 0 saturated heterocycles. The molecule has 92 valence electrons. The minimum Gasteiger partial charge on any atom is -0.256 e. The highest BCUT2D eigenvalue weighted by Crippen LogP contribution is 2.17. The average molecular weight is 310 g/mol. The smallest absolute Gasteiger partial charge is 0.256 e. The van der Waals surface area contributed by atoms with Crippen molar-refractivity contribution in [1.82, 2.24) is 14.1 Å². The summed E-state index contributed by atoms with van der Waals surface area (Å²) in [7, 11) is -1.82. The summed E-state index contributed by atoms with van der Waals surface area (Å²) in [5.41, 5.74) is 0. The Morgan fingerprint density at radius 3 is 2.56 bits per heavy atom. The van der Waals surface area contributed by atoms with Crippen LogP contribution in [0.4, 0.5) is 0 Å². The maximum absolute atomic E-state index is 12.3. The predicted molar refractivity (Wildman–Crippen MR) is 66.0 cm³/mol. The normalized spacial score (nSPS) is 12.6. The van der Waals surface area contributed by atoms with Gasteiger partial charge < -0.3 is 0 Å². The van der Waals surface area contributed by atoms with Crippen LogP contribution in [0.1, 0.15) is 13.8 Å². The Labute approximate surface area is 105 Å². The Morgan fingerprint density at radius 2 is 2.19 bits per heavy atom. The molecule has 0 bridgehead atoms. The lowest BCUT2D eigenvalue weighted by atomic mass is 10.4. The Hall–Kier alpha value is -0.400. The molecule has 1 aromatic heterocycles. The number of rotatable bonds is 5. The van der Waals surface area contributed by atoms with E-state index >= 15 is 0 Å². The van der Waals surface area contributed by atoms with Crippen molar-refractivity contribution in [2.24, 2.45) is 7.05 Å². The van der Waals surface area contributed by atoms with Crippen molar-refractivity contribution >= 4 is 26.0 Å². The zero-order valence-corrected chi connectivity index (χ0v) is 12.0. The third-order valence-electron chi connectivity index (χ3n) is 2.23. The highest BCUT2D eigenvalue weighted by molar-refractivity contribution is 9.09. The minimum atomic E-state index is -3.45. The number of aromatic nitrogens is 2. The van der Waals surface area contributed by atoms with Gasteiger partial charge in [-0.05, 0) is 19.9 Å². The molecule has 16 heavy (non-hydrogen) atoms. The Balaban J connectivity index is 3.14. The van der Waals surface area contributed by atoms with Crippen molar-refractivity contribution in [3.8, 4) is 0 Å². The molecule has 0 radical (unpaired) electrons. The van der Waals surface area contributed by atoms with Crippen LogP contribution in [0.15, 0.2) is 17.3 Å². The van der Waals surface area contributed by atoms with E-state index in [4.69, 9.17) is 0 Å². The number of halogens is 1. The van der Waals surface area contributed by atoms with E-state index in [0.29, 0.717) is 11.9 Å². The Morgan fingerprint density at radius 1 is 1.56 bits per heavy atom. The fourth-order valence-electron chi connectivity index (χ4n) is 1.47. The molecule has 0 fully saturated rings. The van der Waals surface area contributed by atoms with Gasteiger partial charge >= 0.3 is 0 Å². The molecule has 5 nitrogen and oxygen atoms in total. The molecule has 1 aromatic rings. The molecule has 0 N–H and O–H groups in total. The third-order valence-corrected chi connectivity index (χ3v) is 4.74. The summed E-state index contributed by atoms with van der Waals surface area (Å²) >= 11 is 3.26. The van der Waals surface area contributed by atoms with Crippen LogP contribution in [0.3, 0.4) is 0 Å². The number of hydrogen-bond donors (Lipinski definition) is 0. The minimum absolute atomic E-state index is 0.0718. The zero-order chi connectivity index (χ0) is 12.3. The largest absolute Gasteiger partial charge is 0.260 e. The average Bonchev–Trinajstić information content (AvgIpc) is 2.60. The van der Waals surface area contributed by atoms with E-state index in [2.05, 4.69) is 21.0 Å². The molecule has 0 aromatic carbocycles. The van der Waals surface area contributed by atoms with Gasteiger partial charge in [0, 0.05) is 25.0 Å². The zero-order valence-electron chi connectivity index (χ0n) is 9.59. The molecule has 0 aliphatic heterocycles. The first-order valence-corrected chi connectivity index (χ1v) is 7.53. The number of aryl methyl sites for hydroxylation is 1. The van der Waals surface area contributed by atoms with Gasteiger partial charge in [-0.25, -0.2) is 8.42 Å². The van der Waals surface area contributed by atoms with Crippen molar-refractivity contribution in [2.45, 2.75) is 24.9 Å². The molecular weight excluding hydrogens is 294 g/mol. The van der Waals surface area contributed by atoms with E-state index in [9.17, 15) is 8.42 Å². The SMILES string of the molecule is CC(C)N(CCBr)S(=O)(=O)c1ccnn1C. The molecule has 0 atom stereocenters. The van der Waals surface area contributed by atoms with Gasteiger partial charge in [-0.15, -0.1) is 0 Å². The van der Waals surface area contributed by atoms with Gasteiger partial charge in [0.1, 0.15) is 0 Å². The summed E-state index contributed by atoms with van der Waals surface area (Å²) in [4.78, 5) is 0. The second-order valence-electron chi connectivity index (χ2n) is 3.69. The number of hydrogen-bond acceptors (Lipinski definition) is 3. The maximum atomic E-state index is 12.3. The number of sulfonamides is 1. The molecule has 0 unspecified atom stereocenters. The molecule has 7 heteroatoms. The third kappa shape index (κ3) is 2.64. The second kappa shape index (κ2) is 5.29. The van der Waals surface area contributed by atoms with Gasteiger partial charge in [0.2, 0.25) is 0 Å². The van der Waals surface area contributed by atoms with Crippen LogP contribution < -0.4 is 0 Å². The van der Waals surface area contributed by atoms with Gasteiger partial charge in [0.25, 0.3) is 10.0 Å². The standard InChI is InChI=1S/C9H16BrN3O2S/c1-8(2)13(7-5-10)16(14,15)9-4-6-11-12(9)3/h4,6,8H,5,7H2,1-3H3. The van der Waals surface area contributed by atoms with Crippen molar-refractivity contribution in [3.05, 3.63) is 12.3 Å². The van der Waals surface area contributed by atoms with Gasteiger partial charge in [0.05, 0.1) is 6.20 Å². The summed E-state index contributed by atoms with van der Waals surface area (Å²) in [6.45, 7) is 4.17. The summed E-state index contributed by atoms with van der Waals surface area (Å²) in [5, 5.41) is 4.72. The predicted octanol–water partition coefficient (Wildman–Crippen LogP) is 1.21. The van der Waals surface area contributed by atoms with Crippen LogP contribution in [0.25, 0.3) is 0 Å². The lowest BCUT2D eigenvalue weighted by Gasteiger charge is -2.24. The van der Waals surface area contributed by atoms with Crippen LogP contribution in [-0.2, 0) is 17.1 Å². The Kier molecular flexibility index (Phi) is 4.52. The Bertz CT molecular complexity index is 441. The van der Waals surface area contributed by atoms with Crippen molar-refractivity contribution in [3.63, 3.8) is 0 Å². The number of nitrogens with zero attached hydrogens (tertiary/aromatic N) is 3. The highest BCUT2D eigenvalue weighted by atomic mass is 79.9. The summed E-state index contributed by atoms with van der Waals surface area (Å²) < 4.78 is 27.4. The molecule has 0 aliphatic rings. The van der Waals surface area contributed by atoms with E-state index in [1.165, 1.54) is 21.3 Å². The number of alkyl halides is 1. The molecule has 0 spiro atoms. The quantitative estimate of drug-likeness (QED) is 0.768. The van der Waals surface area contributed by atoms with Crippen LogP contribution in [0.2, 0.25) is 0 Å². The van der Waals surface area contributed by atoms with Gasteiger partial charge in [-0.1, -0.05) is 15.9 Å². The summed E-state index contributed by atoms with van der Waals surface area (Å²) in [5.74, 6) is 0. The van der Waals surface area contributed by atoms with E-state index in [-0.39, 0.29) is 11.1 Å². The van der Waals surface area contributed by atoms with E-state index < -0.39 is 10.0 Å². The fraction of sp³-hybridized carbons (Fsp3) is 0.667. The monoisotopic (exact) mass is 309 g/mol. The molecule has 1 rings (SSSR count). The van der Waals surface area contributed by atoms with Crippen LogP contribution in [-0.4, -0.2) is 40.4 Å². The van der Waals surface area contributed by atoms with Crippen LogP contribution in [0.5, 0.6) is 0 Å². The maximum Gasteiger partial charge on any atom is 0.260 e. The molecule has 0 aliphatic carbocycles. The first kappa shape index (κ1) is 13.7. The second-order valence-corrected chi connectivity index (χ2v) is 6.32. The first-order chi connectivity index (χ1) is 7.41. The van der Waals surface area contributed by atoms with Gasteiger partial charge in [0.15, 0.2) is 5.03 Å².